The average molecular weight is 286 g/mol. The van der Waals surface area contributed by atoms with Gasteiger partial charge in [0.1, 0.15) is 12.3 Å². The predicted octanol–water partition coefficient (Wildman–Crippen LogP) is 3.73. The molecule has 0 fully saturated rings. The van der Waals surface area contributed by atoms with E-state index < -0.39 is 5.97 Å². The summed E-state index contributed by atoms with van der Waals surface area (Å²) in [4.78, 5) is 11.1. The van der Waals surface area contributed by atoms with Crippen molar-refractivity contribution in [2.45, 2.75) is 59.3 Å². The van der Waals surface area contributed by atoms with Crippen LogP contribution in [0.25, 0.3) is 0 Å². The van der Waals surface area contributed by atoms with E-state index in [1.54, 1.807) is 0 Å². The Bertz CT molecular complexity index is 294. The molecule has 0 aromatic carbocycles. The van der Waals surface area contributed by atoms with Gasteiger partial charge < -0.3 is 14.7 Å². The highest BCUT2D eigenvalue weighted by Gasteiger charge is 2.30. The highest BCUT2D eigenvalue weighted by molar-refractivity contribution is 5.68. The first-order valence-electron chi connectivity index (χ1n) is 7.94. The molecule has 118 valence electrons. The summed E-state index contributed by atoms with van der Waals surface area (Å²) >= 11 is 0. The number of nitrogens with zero attached hydrogens (tertiary/aromatic N) is 1. The number of allylic oxidation sites excluding steroid dienone is 1. The minimum absolute atomic E-state index is 0.0918. The van der Waals surface area contributed by atoms with Crippen molar-refractivity contribution in [3.8, 4) is 0 Å². The Morgan fingerprint density at radius 3 is 2.00 bits per heavy atom. The molecule has 4 heteroatoms. The number of rotatable bonds is 12. The monoisotopic (exact) mass is 286 g/mol. The molecule has 0 aromatic heterocycles. The van der Waals surface area contributed by atoms with E-state index in [2.05, 4.69) is 20.8 Å². The van der Waals surface area contributed by atoms with Crippen LogP contribution in [0.15, 0.2) is 11.8 Å². The fraction of sp³-hybridized carbons (Fsp3) is 0.812. The summed E-state index contributed by atoms with van der Waals surface area (Å²) < 4.78 is 0.457. The van der Waals surface area contributed by atoms with Crippen molar-refractivity contribution in [3.05, 3.63) is 11.8 Å². The van der Waals surface area contributed by atoms with Crippen LogP contribution in [0.5, 0.6) is 0 Å². The number of carboxylic acid groups (broad SMARTS) is 1. The van der Waals surface area contributed by atoms with Gasteiger partial charge in [-0.15, -0.1) is 0 Å². The third kappa shape index (κ3) is 8.20. The fourth-order valence-electron chi connectivity index (χ4n) is 2.79. The Labute approximate surface area is 123 Å². The SMILES string of the molecule is CCCCC/C=C(\O)C[N+](CCC)(CCC)CC(=O)O. The lowest BCUT2D eigenvalue weighted by Crippen LogP contribution is -2.53. The Balaban J connectivity index is 4.70. The summed E-state index contributed by atoms with van der Waals surface area (Å²) in [6, 6.07) is 0. The second-order valence-electron chi connectivity index (χ2n) is 5.69. The van der Waals surface area contributed by atoms with Gasteiger partial charge in [-0.25, -0.2) is 4.79 Å². The summed E-state index contributed by atoms with van der Waals surface area (Å²) in [5.74, 6) is -0.435. The first kappa shape index (κ1) is 19.0. The fourth-order valence-corrected chi connectivity index (χ4v) is 2.79. The molecule has 0 spiro atoms. The van der Waals surface area contributed by atoms with Gasteiger partial charge in [0.05, 0.1) is 13.1 Å². The lowest BCUT2D eigenvalue weighted by molar-refractivity contribution is -0.918. The minimum atomic E-state index is -0.786. The van der Waals surface area contributed by atoms with Crippen molar-refractivity contribution in [3.63, 3.8) is 0 Å². The van der Waals surface area contributed by atoms with Crippen molar-refractivity contribution in [2.24, 2.45) is 0 Å². The number of hydrogen-bond acceptors (Lipinski definition) is 2. The summed E-state index contributed by atoms with van der Waals surface area (Å²) in [6.07, 6.45) is 8.02. The molecule has 0 atom stereocenters. The van der Waals surface area contributed by atoms with Gasteiger partial charge in [0.2, 0.25) is 0 Å². The molecule has 0 aromatic rings. The molecule has 0 aliphatic heterocycles. The van der Waals surface area contributed by atoms with E-state index in [0.29, 0.717) is 16.8 Å². The number of carboxylic acids is 1. The van der Waals surface area contributed by atoms with Gasteiger partial charge in [-0.1, -0.05) is 33.6 Å². The van der Waals surface area contributed by atoms with Crippen LogP contribution in [0.2, 0.25) is 0 Å². The molecular weight excluding hydrogens is 254 g/mol. The van der Waals surface area contributed by atoms with Crippen LogP contribution in [-0.2, 0) is 4.79 Å². The first-order chi connectivity index (χ1) is 9.49. The molecule has 4 nitrogen and oxygen atoms in total. The van der Waals surface area contributed by atoms with E-state index in [-0.39, 0.29) is 6.54 Å². The summed E-state index contributed by atoms with van der Waals surface area (Å²) in [7, 11) is 0. The van der Waals surface area contributed by atoms with Gasteiger partial charge in [0.15, 0.2) is 6.54 Å². The summed E-state index contributed by atoms with van der Waals surface area (Å²) in [6.45, 7) is 8.41. The molecule has 0 unspecified atom stereocenters. The summed E-state index contributed by atoms with van der Waals surface area (Å²) in [5.41, 5.74) is 0. The zero-order valence-electron chi connectivity index (χ0n) is 13.4. The highest BCUT2D eigenvalue weighted by Crippen LogP contribution is 2.14. The second-order valence-corrected chi connectivity index (χ2v) is 5.69. The molecule has 0 radical (unpaired) electrons. The molecule has 0 saturated heterocycles. The molecular formula is C16H32NO3+. The Hall–Kier alpha value is -1.03. The molecule has 0 amide bonds. The van der Waals surface area contributed by atoms with Crippen molar-refractivity contribution in [1.82, 2.24) is 0 Å². The van der Waals surface area contributed by atoms with E-state index in [9.17, 15) is 9.90 Å². The van der Waals surface area contributed by atoms with E-state index in [4.69, 9.17) is 5.11 Å². The van der Waals surface area contributed by atoms with Crippen LogP contribution in [0.3, 0.4) is 0 Å². The Kier molecular flexibility index (Phi) is 10.2. The third-order valence-electron chi connectivity index (χ3n) is 3.55. The van der Waals surface area contributed by atoms with Crippen LogP contribution in [0.1, 0.15) is 59.3 Å². The van der Waals surface area contributed by atoms with Crippen LogP contribution in [0, 0.1) is 0 Å². The first-order valence-corrected chi connectivity index (χ1v) is 7.94. The normalized spacial score (nSPS) is 12.7. The average Bonchev–Trinajstić information content (AvgIpc) is 2.34. The van der Waals surface area contributed by atoms with E-state index in [0.717, 1.165) is 38.8 Å². The molecule has 0 rings (SSSR count). The second kappa shape index (κ2) is 10.7. The Morgan fingerprint density at radius 1 is 0.950 bits per heavy atom. The molecule has 0 bridgehead atoms. The zero-order valence-corrected chi connectivity index (χ0v) is 13.4. The largest absolute Gasteiger partial charge is 0.507 e. The van der Waals surface area contributed by atoms with Crippen molar-refractivity contribution < 1.29 is 19.5 Å². The van der Waals surface area contributed by atoms with Crippen LogP contribution >= 0.6 is 0 Å². The van der Waals surface area contributed by atoms with E-state index in [1.807, 2.05) is 6.08 Å². The van der Waals surface area contributed by atoms with Crippen LogP contribution < -0.4 is 0 Å². The highest BCUT2D eigenvalue weighted by atomic mass is 16.4. The van der Waals surface area contributed by atoms with Crippen molar-refractivity contribution in [1.29, 1.82) is 0 Å². The van der Waals surface area contributed by atoms with Gasteiger partial charge in [0.25, 0.3) is 0 Å². The number of aliphatic hydroxyl groups is 1. The smallest absolute Gasteiger partial charge is 0.359 e. The van der Waals surface area contributed by atoms with Gasteiger partial charge >= 0.3 is 5.97 Å². The molecule has 0 aliphatic rings. The van der Waals surface area contributed by atoms with Crippen LogP contribution in [-0.4, -0.2) is 46.8 Å². The van der Waals surface area contributed by atoms with E-state index >= 15 is 0 Å². The third-order valence-corrected chi connectivity index (χ3v) is 3.55. The van der Waals surface area contributed by atoms with Gasteiger partial charge in [-0.3, -0.25) is 0 Å². The lowest BCUT2D eigenvalue weighted by atomic mass is 10.1. The predicted molar refractivity (Wildman–Crippen MR) is 82.8 cm³/mol. The molecule has 0 saturated carbocycles. The number of quaternary nitrogens is 1. The van der Waals surface area contributed by atoms with Crippen molar-refractivity contribution >= 4 is 5.97 Å². The number of aliphatic hydroxyl groups excluding tert-OH is 1. The van der Waals surface area contributed by atoms with Gasteiger partial charge in [-0.05, 0) is 31.8 Å². The molecule has 0 heterocycles. The number of unbranched alkanes of at least 4 members (excludes halogenated alkanes) is 3. The number of aliphatic carboxylic acids is 1. The van der Waals surface area contributed by atoms with E-state index in [1.165, 1.54) is 12.8 Å². The molecule has 0 aliphatic carbocycles. The molecule has 2 N–H and O–H groups in total. The lowest BCUT2D eigenvalue weighted by Gasteiger charge is -2.36. The van der Waals surface area contributed by atoms with Crippen LogP contribution in [0.4, 0.5) is 0 Å². The number of carbonyl (C=O) groups is 1. The summed E-state index contributed by atoms with van der Waals surface area (Å²) in [5, 5.41) is 19.2. The topological polar surface area (TPSA) is 57.5 Å². The minimum Gasteiger partial charge on any atom is -0.507 e. The van der Waals surface area contributed by atoms with Gasteiger partial charge in [-0.2, -0.15) is 0 Å². The van der Waals surface area contributed by atoms with Gasteiger partial charge in [0, 0.05) is 0 Å². The zero-order chi connectivity index (χ0) is 15.4. The molecule has 20 heavy (non-hydrogen) atoms. The standard InChI is InChI=1S/C16H31NO3/c1-4-7-8-9-10-15(18)13-17(11-5-2,12-6-3)14-16(19)20/h10H,4-9,11-14H2,1-3H3,(H-,18,19,20)/p+1/b15-10-. The maximum absolute atomic E-state index is 11.1. The maximum Gasteiger partial charge on any atom is 0.359 e. The van der Waals surface area contributed by atoms with Crippen molar-refractivity contribution in [2.75, 3.05) is 26.2 Å². The number of hydrogen-bond donors (Lipinski definition) is 2. The maximum atomic E-state index is 11.1. The Morgan fingerprint density at radius 2 is 1.55 bits per heavy atom. The quantitative estimate of drug-likeness (QED) is 0.326.